The van der Waals surface area contributed by atoms with Crippen molar-refractivity contribution in [3.8, 4) is 5.75 Å². The number of para-hydroxylation sites is 1. The van der Waals surface area contributed by atoms with Crippen molar-refractivity contribution >= 4 is 27.5 Å². The Morgan fingerprint density at radius 3 is 2.36 bits per heavy atom. The summed E-state index contributed by atoms with van der Waals surface area (Å²) in [4.78, 5) is 4.16. The van der Waals surface area contributed by atoms with Gasteiger partial charge in [-0.3, -0.25) is 0 Å². The number of rotatable bonds is 5. The number of nitrogens with two attached hydrogens (primary N) is 1. The predicted molar refractivity (Wildman–Crippen MR) is 107 cm³/mol. The second-order valence-corrected chi connectivity index (χ2v) is 6.88. The molecule has 0 aliphatic rings. The van der Waals surface area contributed by atoms with Crippen LogP contribution in [0.3, 0.4) is 0 Å². The molecule has 0 amide bonds. The van der Waals surface area contributed by atoms with Gasteiger partial charge in [0.15, 0.2) is 0 Å². The Kier molecular flexibility index (Phi) is 6.04. The highest BCUT2D eigenvalue weighted by Gasteiger charge is 2.31. The Hall–Kier alpha value is -2.80. The van der Waals surface area contributed by atoms with Gasteiger partial charge in [0.25, 0.3) is 0 Å². The van der Waals surface area contributed by atoms with E-state index in [1.165, 1.54) is 6.07 Å². The molecule has 0 aliphatic heterocycles. The molecule has 3 rings (SSSR count). The first-order chi connectivity index (χ1) is 13.3. The Morgan fingerprint density at radius 1 is 0.964 bits per heavy atom. The van der Waals surface area contributed by atoms with E-state index in [0.717, 1.165) is 17.7 Å². The van der Waals surface area contributed by atoms with Crippen molar-refractivity contribution in [2.75, 3.05) is 0 Å². The van der Waals surface area contributed by atoms with Crippen molar-refractivity contribution in [3.05, 3.63) is 94.0 Å². The van der Waals surface area contributed by atoms with Crippen molar-refractivity contribution in [2.45, 2.75) is 12.8 Å². The van der Waals surface area contributed by atoms with Crippen molar-refractivity contribution in [1.29, 1.82) is 0 Å². The van der Waals surface area contributed by atoms with E-state index in [-0.39, 0.29) is 16.0 Å². The summed E-state index contributed by atoms with van der Waals surface area (Å²) >= 11 is 3.08. The number of nitrogens with zero attached hydrogens (tertiary/aromatic N) is 1. The normalized spacial score (nSPS) is 12.1. The summed E-state index contributed by atoms with van der Waals surface area (Å²) in [5.41, 5.74) is 6.86. The van der Waals surface area contributed by atoms with Gasteiger partial charge in [0.05, 0.1) is 16.8 Å². The van der Waals surface area contributed by atoms with Gasteiger partial charge in [0, 0.05) is 4.47 Å². The minimum Gasteiger partial charge on any atom is -0.488 e. The fourth-order valence-corrected chi connectivity index (χ4v) is 3.02. The van der Waals surface area contributed by atoms with E-state index in [1.807, 2.05) is 30.3 Å². The van der Waals surface area contributed by atoms with Crippen LogP contribution in [-0.4, -0.2) is 5.84 Å². The third-order valence-corrected chi connectivity index (χ3v) is 4.32. The zero-order valence-electron chi connectivity index (χ0n) is 14.6. The maximum absolute atomic E-state index is 13.0. The smallest absolute Gasteiger partial charge is 0.416 e. The van der Waals surface area contributed by atoms with Crippen LogP contribution in [0, 0.1) is 0 Å². The largest absolute Gasteiger partial charge is 0.488 e. The number of hydrogen-bond donors (Lipinski definition) is 1. The molecule has 0 radical (unpaired) electrons. The lowest BCUT2D eigenvalue weighted by Crippen LogP contribution is -2.14. The molecule has 2 N–H and O–H groups in total. The summed E-state index contributed by atoms with van der Waals surface area (Å²) in [5, 5.41) is 0. The lowest BCUT2D eigenvalue weighted by Gasteiger charge is -2.12. The standard InChI is InChI=1S/C21H16BrF3N2O/c22-16-10-15(21(23,24)25)11-17(12-16)27-20(26)18-8-4-5-9-19(18)28-13-14-6-2-1-3-7-14/h1-12H,13H2,(H2,26,27). The van der Waals surface area contributed by atoms with Crippen LogP contribution < -0.4 is 10.5 Å². The van der Waals surface area contributed by atoms with Crippen LogP contribution in [0.1, 0.15) is 16.7 Å². The van der Waals surface area contributed by atoms with E-state index in [9.17, 15) is 13.2 Å². The molecule has 0 fully saturated rings. The van der Waals surface area contributed by atoms with E-state index in [2.05, 4.69) is 20.9 Å². The number of aliphatic imine (C=N–C) groups is 1. The van der Waals surface area contributed by atoms with Crippen LogP contribution in [0.2, 0.25) is 0 Å². The Morgan fingerprint density at radius 2 is 1.64 bits per heavy atom. The van der Waals surface area contributed by atoms with Gasteiger partial charge >= 0.3 is 6.18 Å². The van der Waals surface area contributed by atoms with Crippen LogP contribution in [0.15, 0.2) is 82.3 Å². The molecule has 0 aromatic heterocycles. The summed E-state index contributed by atoms with van der Waals surface area (Å²) in [7, 11) is 0. The molecule has 0 heterocycles. The first-order valence-electron chi connectivity index (χ1n) is 8.31. The van der Waals surface area contributed by atoms with Gasteiger partial charge in [-0.25, -0.2) is 4.99 Å². The van der Waals surface area contributed by atoms with E-state index < -0.39 is 11.7 Å². The highest BCUT2D eigenvalue weighted by molar-refractivity contribution is 9.10. The van der Waals surface area contributed by atoms with Gasteiger partial charge in [-0.15, -0.1) is 0 Å². The topological polar surface area (TPSA) is 47.6 Å². The fourth-order valence-electron chi connectivity index (χ4n) is 2.54. The number of alkyl halides is 3. The average molecular weight is 449 g/mol. The van der Waals surface area contributed by atoms with Gasteiger partial charge in [0.2, 0.25) is 0 Å². The second kappa shape index (κ2) is 8.48. The summed E-state index contributed by atoms with van der Waals surface area (Å²) in [6, 6.07) is 20.0. The molecule has 3 nitrogen and oxygen atoms in total. The molecule has 3 aromatic rings. The molecule has 0 bridgehead atoms. The Balaban J connectivity index is 1.88. The third kappa shape index (κ3) is 5.13. The highest BCUT2D eigenvalue weighted by atomic mass is 79.9. The molecular formula is C21H16BrF3N2O. The van der Waals surface area contributed by atoms with Crippen LogP contribution in [0.25, 0.3) is 0 Å². The van der Waals surface area contributed by atoms with Crippen molar-refractivity contribution in [2.24, 2.45) is 10.7 Å². The van der Waals surface area contributed by atoms with Crippen LogP contribution in [0.4, 0.5) is 18.9 Å². The number of benzene rings is 3. The van der Waals surface area contributed by atoms with Gasteiger partial charge in [0.1, 0.15) is 18.2 Å². The summed E-state index contributed by atoms with van der Waals surface area (Å²) in [6.45, 7) is 0.334. The van der Waals surface area contributed by atoms with Crippen LogP contribution in [-0.2, 0) is 12.8 Å². The minimum atomic E-state index is -4.47. The Bertz CT molecular complexity index is 988. The van der Waals surface area contributed by atoms with Gasteiger partial charge < -0.3 is 10.5 Å². The molecule has 0 unspecified atom stereocenters. The predicted octanol–water partition coefficient (Wildman–Crippen LogP) is 6.08. The zero-order valence-corrected chi connectivity index (χ0v) is 16.2. The van der Waals surface area contributed by atoms with Gasteiger partial charge in [-0.1, -0.05) is 58.4 Å². The van der Waals surface area contributed by atoms with Crippen LogP contribution >= 0.6 is 15.9 Å². The van der Waals surface area contributed by atoms with Crippen molar-refractivity contribution in [3.63, 3.8) is 0 Å². The molecule has 7 heteroatoms. The van der Waals surface area contributed by atoms with E-state index in [0.29, 0.717) is 17.9 Å². The summed E-state index contributed by atoms with van der Waals surface area (Å²) in [5.74, 6) is 0.563. The maximum atomic E-state index is 13.0. The molecule has 0 saturated heterocycles. The molecular weight excluding hydrogens is 433 g/mol. The van der Waals surface area contributed by atoms with E-state index >= 15 is 0 Å². The maximum Gasteiger partial charge on any atom is 0.416 e. The first-order valence-corrected chi connectivity index (χ1v) is 9.10. The van der Waals surface area contributed by atoms with Gasteiger partial charge in [-0.05, 0) is 35.9 Å². The van der Waals surface area contributed by atoms with E-state index in [1.54, 1.807) is 24.3 Å². The first kappa shape index (κ1) is 19.9. The summed E-state index contributed by atoms with van der Waals surface area (Å²) < 4.78 is 45.1. The Labute approximate surface area is 168 Å². The van der Waals surface area contributed by atoms with Crippen LogP contribution in [0.5, 0.6) is 5.75 Å². The summed E-state index contributed by atoms with van der Waals surface area (Å²) in [6.07, 6.45) is -4.47. The average Bonchev–Trinajstić information content (AvgIpc) is 2.66. The molecule has 0 spiro atoms. The molecule has 0 saturated carbocycles. The fraction of sp³-hybridized carbons (Fsp3) is 0.0952. The lowest BCUT2D eigenvalue weighted by atomic mass is 10.1. The zero-order chi connectivity index (χ0) is 20.1. The number of halogens is 4. The van der Waals surface area contributed by atoms with Crippen molar-refractivity contribution in [1.82, 2.24) is 0 Å². The monoisotopic (exact) mass is 448 g/mol. The number of ether oxygens (including phenoxy) is 1. The number of hydrogen-bond acceptors (Lipinski definition) is 2. The highest BCUT2D eigenvalue weighted by Crippen LogP contribution is 2.34. The molecule has 3 aromatic carbocycles. The second-order valence-electron chi connectivity index (χ2n) is 5.96. The SMILES string of the molecule is NC(=Nc1cc(Br)cc(C(F)(F)F)c1)c1ccccc1OCc1ccccc1. The third-order valence-electron chi connectivity index (χ3n) is 3.86. The molecule has 144 valence electrons. The van der Waals surface area contributed by atoms with Gasteiger partial charge in [-0.2, -0.15) is 13.2 Å². The minimum absolute atomic E-state index is 0.0647. The molecule has 0 aliphatic carbocycles. The quantitative estimate of drug-likeness (QED) is 0.379. The van der Waals surface area contributed by atoms with E-state index in [4.69, 9.17) is 10.5 Å². The number of amidine groups is 1. The molecule has 0 atom stereocenters. The molecule has 28 heavy (non-hydrogen) atoms. The lowest BCUT2D eigenvalue weighted by molar-refractivity contribution is -0.137. The van der Waals surface area contributed by atoms with Crippen molar-refractivity contribution < 1.29 is 17.9 Å².